The number of nitrogens with two attached hydrogens (primary N) is 1. The maximum Gasteiger partial charge on any atom is 0.269 e. The average Bonchev–Trinajstić information content (AvgIpc) is 2.33. The lowest BCUT2D eigenvalue weighted by Crippen LogP contribution is -2.45. The first kappa shape index (κ1) is 15.1. The van der Waals surface area contributed by atoms with Crippen molar-refractivity contribution in [2.24, 2.45) is 5.73 Å². The smallest absolute Gasteiger partial charge is 0.269 e. The van der Waals surface area contributed by atoms with Crippen LogP contribution in [0, 0.1) is 10.1 Å². The molecule has 6 heteroatoms. The van der Waals surface area contributed by atoms with Crippen molar-refractivity contribution in [3.8, 4) is 0 Å². The molecule has 1 rings (SSSR count). The van der Waals surface area contributed by atoms with Crippen LogP contribution in [0.2, 0.25) is 0 Å². The highest BCUT2D eigenvalue weighted by Gasteiger charge is 2.12. The minimum Gasteiger partial charge on any atom is -0.354 e. The van der Waals surface area contributed by atoms with E-state index in [1.807, 2.05) is 13.8 Å². The number of rotatable bonds is 6. The van der Waals surface area contributed by atoms with Crippen LogP contribution in [0.5, 0.6) is 0 Å². The van der Waals surface area contributed by atoms with E-state index in [1.54, 1.807) is 12.1 Å². The second kappa shape index (κ2) is 6.29. The van der Waals surface area contributed by atoms with Crippen LogP contribution >= 0.6 is 0 Å². The lowest BCUT2D eigenvalue weighted by molar-refractivity contribution is -0.384. The standard InChI is InChI=1S/C13H19N3O3/c1-13(2,14)9-15-12(17)7-6-10-4-3-5-11(8-10)16(18)19/h3-5,8H,6-7,9,14H2,1-2H3,(H,15,17). The number of non-ortho nitro benzene ring substituents is 1. The molecule has 0 saturated heterocycles. The van der Waals surface area contributed by atoms with E-state index >= 15 is 0 Å². The molecule has 0 fully saturated rings. The number of amides is 1. The fraction of sp³-hybridized carbons (Fsp3) is 0.462. The van der Waals surface area contributed by atoms with E-state index < -0.39 is 10.5 Å². The Kier molecular flexibility index (Phi) is 5.00. The van der Waals surface area contributed by atoms with Crippen molar-refractivity contribution in [1.29, 1.82) is 0 Å². The summed E-state index contributed by atoms with van der Waals surface area (Å²) in [6.45, 7) is 4.06. The van der Waals surface area contributed by atoms with Gasteiger partial charge < -0.3 is 11.1 Å². The highest BCUT2D eigenvalue weighted by atomic mass is 16.6. The van der Waals surface area contributed by atoms with Gasteiger partial charge in [-0.3, -0.25) is 14.9 Å². The number of carbonyl (C=O) groups excluding carboxylic acids is 1. The van der Waals surface area contributed by atoms with E-state index in [9.17, 15) is 14.9 Å². The van der Waals surface area contributed by atoms with Gasteiger partial charge in [-0.1, -0.05) is 12.1 Å². The monoisotopic (exact) mass is 265 g/mol. The van der Waals surface area contributed by atoms with Gasteiger partial charge in [0, 0.05) is 30.6 Å². The maximum atomic E-state index is 11.6. The minimum atomic E-state index is -0.444. The molecule has 0 unspecified atom stereocenters. The van der Waals surface area contributed by atoms with Crippen LogP contribution in [0.4, 0.5) is 5.69 Å². The molecule has 0 atom stereocenters. The minimum absolute atomic E-state index is 0.0426. The summed E-state index contributed by atoms with van der Waals surface area (Å²) < 4.78 is 0. The van der Waals surface area contributed by atoms with Crippen molar-refractivity contribution >= 4 is 11.6 Å². The summed E-state index contributed by atoms with van der Waals surface area (Å²) in [4.78, 5) is 21.8. The Morgan fingerprint density at radius 3 is 2.74 bits per heavy atom. The second-order valence-electron chi connectivity index (χ2n) is 5.19. The van der Waals surface area contributed by atoms with Crippen LogP contribution in [0.25, 0.3) is 0 Å². The summed E-state index contributed by atoms with van der Waals surface area (Å²) in [6.07, 6.45) is 0.760. The molecule has 3 N–H and O–H groups in total. The molecule has 0 aliphatic carbocycles. The van der Waals surface area contributed by atoms with E-state index in [4.69, 9.17) is 5.73 Å². The zero-order valence-corrected chi connectivity index (χ0v) is 11.2. The van der Waals surface area contributed by atoms with E-state index in [2.05, 4.69) is 5.32 Å². The average molecular weight is 265 g/mol. The van der Waals surface area contributed by atoms with Crippen molar-refractivity contribution in [2.45, 2.75) is 32.2 Å². The number of carbonyl (C=O) groups is 1. The molecule has 0 heterocycles. The molecule has 0 spiro atoms. The quantitative estimate of drug-likeness (QED) is 0.599. The zero-order chi connectivity index (χ0) is 14.5. The van der Waals surface area contributed by atoms with Crippen molar-refractivity contribution in [3.05, 3.63) is 39.9 Å². The molecule has 0 aliphatic rings. The number of hydrogen-bond acceptors (Lipinski definition) is 4. The van der Waals surface area contributed by atoms with Crippen LogP contribution in [0.15, 0.2) is 24.3 Å². The van der Waals surface area contributed by atoms with Crippen LogP contribution in [-0.2, 0) is 11.2 Å². The summed E-state index contributed by atoms with van der Waals surface area (Å²) in [5.41, 5.74) is 6.13. The summed E-state index contributed by atoms with van der Waals surface area (Å²) in [5, 5.41) is 13.3. The van der Waals surface area contributed by atoms with Crippen LogP contribution in [0.1, 0.15) is 25.8 Å². The largest absolute Gasteiger partial charge is 0.354 e. The predicted molar refractivity (Wildman–Crippen MR) is 72.7 cm³/mol. The molecule has 0 aliphatic heterocycles. The lowest BCUT2D eigenvalue weighted by Gasteiger charge is -2.18. The van der Waals surface area contributed by atoms with E-state index in [0.29, 0.717) is 13.0 Å². The third-order valence-corrected chi connectivity index (χ3v) is 2.50. The molecule has 0 saturated carbocycles. The summed E-state index contributed by atoms with van der Waals surface area (Å²) in [7, 11) is 0. The summed E-state index contributed by atoms with van der Waals surface area (Å²) in [6, 6.07) is 6.31. The number of nitrogens with one attached hydrogen (secondary N) is 1. The van der Waals surface area contributed by atoms with Crippen LogP contribution < -0.4 is 11.1 Å². The number of nitrogens with zero attached hydrogens (tertiary/aromatic N) is 1. The van der Waals surface area contributed by atoms with Gasteiger partial charge in [0.1, 0.15) is 0 Å². The van der Waals surface area contributed by atoms with Gasteiger partial charge in [-0.25, -0.2) is 0 Å². The molecule has 6 nitrogen and oxygen atoms in total. The third kappa shape index (κ3) is 5.96. The fourth-order valence-corrected chi connectivity index (χ4v) is 1.50. The first-order chi connectivity index (χ1) is 8.78. The highest BCUT2D eigenvalue weighted by Crippen LogP contribution is 2.14. The summed E-state index contributed by atoms with van der Waals surface area (Å²) in [5.74, 6) is -0.106. The van der Waals surface area contributed by atoms with E-state index in [0.717, 1.165) is 5.56 Å². The first-order valence-corrected chi connectivity index (χ1v) is 6.07. The molecule has 19 heavy (non-hydrogen) atoms. The Balaban J connectivity index is 2.46. The van der Waals surface area contributed by atoms with Gasteiger partial charge in [-0.15, -0.1) is 0 Å². The number of benzene rings is 1. The Morgan fingerprint density at radius 1 is 1.47 bits per heavy atom. The Bertz CT molecular complexity index is 466. The normalized spacial score (nSPS) is 11.1. The molecular weight excluding hydrogens is 246 g/mol. The van der Waals surface area contributed by atoms with Crippen LogP contribution in [-0.4, -0.2) is 22.9 Å². The van der Waals surface area contributed by atoms with Crippen molar-refractivity contribution in [2.75, 3.05) is 6.54 Å². The van der Waals surface area contributed by atoms with Crippen LogP contribution in [0.3, 0.4) is 0 Å². The van der Waals surface area contributed by atoms with Gasteiger partial charge in [0.15, 0.2) is 0 Å². The van der Waals surface area contributed by atoms with Gasteiger partial charge >= 0.3 is 0 Å². The molecule has 0 aromatic heterocycles. The number of nitro groups is 1. The van der Waals surface area contributed by atoms with E-state index in [1.165, 1.54) is 12.1 Å². The third-order valence-electron chi connectivity index (χ3n) is 2.50. The second-order valence-corrected chi connectivity index (χ2v) is 5.19. The van der Waals surface area contributed by atoms with Gasteiger partial charge in [0.25, 0.3) is 5.69 Å². The fourth-order valence-electron chi connectivity index (χ4n) is 1.50. The molecule has 0 bridgehead atoms. The van der Waals surface area contributed by atoms with Crippen molar-refractivity contribution in [3.63, 3.8) is 0 Å². The molecule has 1 aromatic rings. The topological polar surface area (TPSA) is 98.3 Å². The number of nitro benzene ring substituents is 1. The molecular formula is C13H19N3O3. The predicted octanol–water partition coefficient (Wildman–Crippen LogP) is 1.38. The van der Waals surface area contributed by atoms with Gasteiger partial charge in [0.05, 0.1) is 4.92 Å². The Labute approximate surface area is 112 Å². The first-order valence-electron chi connectivity index (χ1n) is 6.07. The van der Waals surface area contributed by atoms with Crippen molar-refractivity contribution in [1.82, 2.24) is 5.32 Å². The summed E-state index contributed by atoms with van der Waals surface area (Å²) >= 11 is 0. The zero-order valence-electron chi connectivity index (χ0n) is 11.2. The lowest BCUT2D eigenvalue weighted by atomic mass is 10.1. The van der Waals surface area contributed by atoms with Crippen molar-refractivity contribution < 1.29 is 9.72 Å². The molecule has 0 radical (unpaired) electrons. The van der Waals surface area contributed by atoms with E-state index in [-0.39, 0.29) is 18.0 Å². The number of hydrogen-bond donors (Lipinski definition) is 2. The highest BCUT2D eigenvalue weighted by molar-refractivity contribution is 5.76. The number of aryl methyl sites for hydroxylation is 1. The van der Waals surface area contributed by atoms with Gasteiger partial charge in [-0.05, 0) is 25.8 Å². The molecule has 104 valence electrons. The van der Waals surface area contributed by atoms with Gasteiger partial charge in [-0.2, -0.15) is 0 Å². The molecule has 1 amide bonds. The Hall–Kier alpha value is -1.95. The van der Waals surface area contributed by atoms with Gasteiger partial charge in [0.2, 0.25) is 5.91 Å². The molecule has 1 aromatic carbocycles. The SMILES string of the molecule is CC(C)(N)CNC(=O)CCc1cccc([N+](=O)[O-])c1. The maximum absolute atomic E-state index is 11.6. The Morgan fingerprint density at radius 2 is 2.16 bits per heavy atom.